The van der Waals surface area contributed by atoms with E-state index in [1.807, 2.05) is 0 Å². The summed E-state index contributed by atoms with van der Waals surface area (Å²) in [6, 6.07) is 39.2. The van der Waals surface area contributed by atoms with Crippen molar-refractivity contribution in [2.24, 2.45) is 5.92 Å². The van der Waals surface area contributed by atoms with E-state index >= 15 is 0 Å². The molecule has 2 atom stereocenters. The molecule has 39 heavy (non-hydrogen) atoms. The number of hydrogen-bond acceptors (Lipinski definition) is 0. The first kappa shape index (κ1) is 23.9. The number of benzene rings is 5. The molecule has 0 bridgehead atoms. The summed E-state index contributed by atoms with van der Waals surface area (Å²) in [6.45, 7) is 9.03. The third kappa shape index (κ3) is 3.66. The summed E-state index contributed by atoms with van der Waals surface area (Å²) >= 11 is 0. The van der Waals surface area contributed by atoms with Crippen LogP contribution in [0.25, 0.3) is 33.0 Å². The molecular weight excluding hydrogens is 468 g/mol. The van der Waals surface area contributed by atoms with Crippen molar-refractivity contribution < 1.29 is 0 Å². The fourth-order valence-electron chi connectivity index (χ4n) is 7.15. The van der Waals surface area contributed by atoms with E-state index in [0.717, 1.165) is 6.42 Å². The molecule has 0 heterocycles. The fourth-order valence-corrected chi connectivity index (χ4v) is 7.15. The van der Waals surface area contributed by atoms with Crippen molar-refractivity contribution >= 4 is 10.8 Å². The van der Waals surface area contributed by atoms with E-state index < -0.39 is 0 Å². The third-order valence-corrected chi connectivity index (χ3v) is 9.00. The average Bonchev–Trinajstić information content (AvgIpc) is 3.23. The second kappa shape index (κ2) is 8.95. The molecule has 0 spiro atoms. The molecule has 0 saturated carbocycles. The minimum absolute atomic E-state index is 0.320. The molecule has 5 aromatic rings. The Hall–Kier alpha value is -4.16. The minimum Gasteiger partial charge on any atom is -0.0727 e. The molecule has 2 unspecified atom stereocenters. The van der Waals surface area contributed by atoms with Gasteiger partial charge in [0.05, 0.1) is 5.41 Å². The van der Waals surface area contributed by atoms with E-state index in [0.29, 0.717) is 5.92 Å². The lowest BCUT2D eigenvalue weighted by Crippen LogP contribution is -2.33. The fraction of sp³-hybridized carbons (Fsp3) is 0.179. The van der Waals surface area contributed by atoms with Gasteiger partial charge in [-0.3, -0.25) is 0 Å². The highest BCUT2D eigenvalue weighted by atomic mass is 14.5. The number of hydrogen-bond donors (Lipinski definition) is 0. The zero-order chi connectivity index (χ0) is 26.7. The summed E-state index contributed by atoms with van der Waals surface area (Å²) in [5, 5.41) is 2.58. The first-order valence-electron chi connectivity index (χ1n) is 14.2. The summed E-state index contributed by atoms with van der Waals surface area (Å²) in [5.41, 5.74) is 14.6. The lowest BCUT2D eigenvalue weighted by Gasteiger charge is -2.40. The molecule has 5 aromatic carbocycles. The van der Waals surface area contributed by atoms with Crippen molar-refractivity contribution in [2.75, 3.05) is 0 Å². The van der Waals surface area contributed by atoms with Crippen LogP contribution in [-0.2, 0) is 5.41 Å². The number of rotatable bonds is 3. The van der Waals surface area contributed by atoms with Gasteiger partial charge in [-0.2, -0.15) is 0 Å². The van der Waals surface area contributed by atoms with E-state index in [1.165, 1.54) is 72.0 Å². The lowest BCUT2D eigenvalue weighted by molar-refractivity contribution is 0.564. The van der Waals surface area contributed by atoms with Gasteiger partial charge in [-0.05, 0) is 101 Å². The topological polar surface area (TPSA) is 0 Å². The standard InChI is InChI=1S/C39H34/c1-25-10-17-33(18-11-25)39(36-20-12-26(2)21-28(36)4)37-8-6-5-7-34(37)35-19-16-31(24-38(35)39)30-15-14-29-13-9-27(3)22-32(29)23-30/h5-20,22-24,28H,21H2,1-4H3. The largest absolute Gasteiger partial charge is 0.0727 e. The highest BCUT2D eigenvalue weighted by Gasteiger charge is 2.48. The van der Waals surface area contributed by atoms with E-state index in [-0.39, 0.29) is 5.41 Å². The summed E-state index contributed by atoms with van der Waals surface area (Å²) in [6.07, 6.45) is 5.88. The SMILES string of the molecule is CC1=CC=C(C2(c3ccc(C)cc3)c3ccccc3-c3ccc(-c4ccc5ccc(C)cc5c4)cc32)C(C)C1. The third-order valence-electron chi connectivity index (χ3n) is 9.00. The van der Waals surface area contributed by atoms with Gasteiger partial charge in [0.15, 0.2) is 0 Å². The predicted octanol–water partition coefficient (Wildman–Crippen LogP) is 10.4. The Morgan fingerprint density at radius 3 is 2.10 bits per heavy atom. The summed E-state index contributed by atoms with van der Waals surface area (Å²) in [4.78, 5) is 0. The van der Waals surface area contributed by atoms with Gasteiger partial charge in [-0.15, -0.1) is 0 Å². The molecule has 0 aromatic heterocycles. The zero-order valence-corrected chi connectivity index (χ0v) is 23.3. The molecule has 2 aliphatic rings. The van der Waals surface area contributed by atoms with Crippen LogP contribution in [0.15, 0.2) is 126 Å². The zero-order valence-electron chi connectivity index (χ0n) is 23.3. The highest BCUT2D eigenvalue weighted by molar-refractivity contribution is 5.91. The maximum atomic E-state index is 2.49. The predicted molar refractivity (Wildman–Crippen MR) is 166 cm³/mol. The molecule has 7 rings (SSSR count). The van der Waals surface area contributed by atoms with Crippen molar-refractivity contribution in [3.05, 3.63) is 154 Å². The molecule has 0 radical (unpaired) electrons. The highest BCUT2D eigenvalue weighted by Crippen LogP contribution is 2.59. The van der Waals surface area contributed by atoms with Crippen LogP contribution in [0.2, 0.25) is 0 Å². The van der Waals surface area contributed by atoms with Gasteiger partial charge in [0.2, 0.25) is 0 Å². The Balaban J connectivity index is 1.54. The van der Waals surface area contributed by atoms with Crippen LogP contribution in [0.3, 0.4) is 0 Å². The summed E-state index contributed by atoms with van der Waals surface area (Å²) in [5.74, 6) is 0.447. The maximum absolute atomic E-state index is 2.49. The molecule has 0 N–H and O–H groups in total. The first-order valence-corrected chi connectivity index (χ1v) is 14.2. The summed E-state index contributed by atoms with van der Waals surface area (Å²) in [7, 11) is 0. The number of allylic oxidation sites excluding steroid dienone is 4. The van der Waals surface area contributed by atoms with Gasteiger partial charge in [0.25, 0.3) is 0 Å². The van der Waals surface area contributed by atoms with Crippen molar-refractivity contribution in [1.29, 1.82) is 0 Å². The first-order chi connectivity index (χ1) is 18.9. The molecule has 190 valence electrons. The van der Waals surface area contributed by atoms with Crippen LogP contribution in [-0.4, -0.2) is 0 Å². The Morgan fingerprint density at radius 2 is 1.28 bits per heavy atom. The van der Waals surface area contributed by atoms with Crippen LogP contribution < -0.4 is 0 Å². The Labute approximate surface area is 232 Å². The van der Waals surface area contributed by atoms with E-state index in [9.17, 15) is 0 Å². The maximum Gasteiger partial charge on any atom is 0.0679 e. The molecule has 0 nitrogen and oxygen atoms in total. The second-order valence-electron chi connectivity index (χ2n) is 11.7. The van der Waals surface area contributed by atoms with Crippen molar-refractivity contribution in [1.82, 2.24) is 0 Å². The molecule has 0 amide bonds. The van der Waals surface area contributed by atoms with Crippen molar-refractivity contribution in [3.63, 3.8) is 0 Å². The average molecular weight is 503 g/mol. The monoisotopic (exact) mass is 502 g/mol. The van der Waals surface area contributed by atoms with Gasteiger partial charge >= 0.3 is 0 Å². The van der Waals surface area contributed by atoms with Crippen LogP contribution in [0.5, 0.6) is 0 Å². The van der Waals surface area contributed by atoms with Crippen molar-refractivity contribution in [3.8, 4) is 22.3 Å². The van der Waals surface area contributed by atoms with Crippen LogP contribution >= 0.6 is 0 Å². The molecule has 0 aliphatic heterocycles. The number of fused-ring (bicyclic) bond motifs is 4. The molecule has 2 aliphatic carbocycles. The van der Waals surface area contributed by atoms with Gasteiger partial charge in [0.1, 0.15) is 0 Å². The van der Waals surface area contributed by atoms with Gasteiger partial charge in [0, 0.05) is 0 Å². The molecule has 0 saturated heterocycles. The van der Waals surface area contributed by atoms with Gasteiger partial charge in [-0.25, -0.2) is 0 Å². The van der Waals surface area contributed by atoms with E-state index in [1.54, 1.807) is 0 Å². The van der Waals surface area contributed by atoms with E-state index in [4.69, 9.17) is 0 Å². The van der Waals surface area contributed by atoms with Gasteiger partial charge < -0.3 is 0 Å². The second-order valence-corrected chi connectivity index (χ2v) is 11.7. The lowest BCUT2D eigenvalue weighted by atomic mass is 9.62. The van der Waals surface area contributed by atoms with Crippen LogP contribution in [0.1, 0.15) is 48.1 Å². The Kier molecular flexibility index (Phi) is 5.49. The molecule has 0 heteroatoms. The van der Waals surface area contributed by atoms with E-state index in [2.05, 4.69) is 143 Å². The smallest absolute Gasteiger partial charge is 0.0679 e. The quantitative estimate of drug-likeness (QED) is 0.230. The molecular formula is C39H34. The van der Waals surface area contributed by atoms with Crippen molar-refractivity contribution in [2.45, 2.75) is 39.5 Å². The Morgan fingerprint density at radius 1 is 0.590 bits per heavy atom. The minimum atomic E-state index is -0.320. The molecule has 0 fully saturated rings. The van der Waals surface area contributed by atoms with Crippen LogP contribution in [0, 0.1) is 19.8 Å². The van der Waals surface area contributed by atoms with Crippen LogP contribution in [0.4, 0.5) is 0 Å². The Bertz CT molecular complexity index is 1810. The number of aryl methyl sites for hydroxylation is 2. The summed E-state index contributed by atoms with van der Waals surface area (Å²) < 4.78 is 0. The van der Waals surface area contributed by atoms with Gasteiger partial charge in [-0.1, -0.05) is 127 Å². The normalized spacial score (nSPS) is 19.8.